The smallest absolute Gasteiger partial charge is 0.269 e. The van der Waals surface area contributed by atoms with Gasteiger partial charge in [-0.15, -0.1) is 0 Å². The lowest BCUT2D eigenvalue weighted by Crippen LogP contribution is -2.23. The van der Waals surface area contributed by atoms with Crippen molar-refractivity contribution < 1.29 is 22.8 Å². The maximum atomic E-state index is 12.3. The van der Waals surface area contributed by atoms with E-state index in [9.17, 15) is 18.5 Å². The number of rotatable bonds is 7. The maximum absolute atomic E-state index is 12.3. The molecule has 8 nitrogen and oxygen atoms in total. The van der Waals surface area contributed by atoms with Gasteiger partial charge in [-0.3, -0.25) is 10.1 Å². The Morgan fingerprint density at radius 1 is 1.12 bits per heavy atom. The zero-order chi connectivity index (χ0) is 18.6. The van der Waals surface area contributed by atoms with Gasteiger partial charge in [0.15, 0.2) is 11.5 Å². The van der Waals surface area contributed by atoms with Crippen LogP contribution in [0.2, 0.25) is 5.02 Å². The SMILES string of the molecule is COc1cc(Cl)c(CNS(=O)(=O)c2ccc([N+](=O)[O-])cc2)cc1OC. The number of sulfonamides is 1. The van der Waals surface area contributed by atoms with Gasteiger partial charge in [0.2, 0.25) is 10.0 Å². The molecule has 0 aliphatic heterocycles. The second-order valence-corrected chi connectivity index (χ2v) is 7.05. The van der Waals surface area contributed by atoms with Gasteiger partial charge in [0, 0.05) is 29.8 Å². The zero-order valence-electron chi connectivity index (χ0n) is 13.4. The number of benzene rings is 2. The monoisotopic (exact) mass is 386 g/mol. The molecule has 0 heterocycles. The fourth-order valence-electron chi connectivity index (χ4n) is 2.03. The lowest BCUT2D eigenvalue weighted by molar-refractivity contribution is -0.384. The molecule has 0 bridgehead atoms. The molecule has 134 valence electrons. The van der Waals surface area contributed by atoms with Crippen molar-refractivity contribution in [3.63, 3.8) is 0 Å². The van der Waals surface area contributed by atoms with Crippen molar-refractivity contribution in [3.8, 4) is 11.5 Å². The Balaban J connectivity index is 2.21. The molecule has 0 unspecified atom stereocenters. The summed E-state index contributed by atoms with van der Waals surface area (Å²) in [6.07, 6.45) is 0. The Kier molecular flexibility index (Phi) is 5.83. The minimum Gasteiger partial charge on any atom is -0.493 e. The molecule has 2 aromatic carbocycles. The quantitative estimate of drug-likeness (QED) is 0.579. The van der Waals surface area contributed by atoms with Gasteiger partial charge >= 0.3 is 0 Å². The number of non-ortho nitro benzene ring substituents is 1. The summed E-state index contributed by atoms with van der Waals surface area (Å²) < 4.78 is 37.3. The standard InChI is InChI=1S/C15H15ClN2O6S/c1-23-14-7-10(13(16)8-15(14)24-2)9-17-25(21,22)12-5-3-11(4-6-12)18(19)20/h3-8,17H,9H2,1-2H3. The molecule has 0 saturated carbocycles. The summed E-state index contributed by atoms with van der Waals surface area (Å²) in [5, 5.41) is 10.9. The lowest BCUT2D eigenvalue weighted by atomic mass is 10.2. The molecule has 0 spiro atoms. The first-order chi connectivity index (χ1) is 11.8. The summed E-state index contributed by atoms with van der Waals surface area (Å²) in [5.41, 5.74) is 0.298. The van der Waals surface area contributed by atoms with Gasteiger partial charge in [-0.2, -0.15) is 0 Å². The highest BCUT2D eigenvalue weighted by molar-refractivity contribution is 7.89. The molecule has 0 saturated heterocycles. The molecule has 10 heteroatoms. The third kappa shape index (κ3) is 4.38. The van der Waals surface area contributed by atoms with Gasteiger partial charge in [0.25, 0.3) is 5.69 Å². The number of nitro groups is 1. The van der Waals surface area contributed by atoms with Crippen LogP contribution in [0.3, 0.4) is 0 Å². The highest BCUT2D eigenvalue weighted by Crippen LogP contribution is 2.33. The van der Waals surface area contributed by atoms with Crippen LogP contribution in [0.5, 0.6) is 11.5 Å². The molecule has 0 radical (unpaired) electrons. The van der Waals surface area contributed by atoms with Gasteiger partial charge in [-0.05, 0) is 23.8 Å². The summed E-state index contributed by atoms with van der Waals surface area (Å²) >= 11 is 6.12. The number of halogens is 1. The van der Waals surface area contributed by atoms with Crippen LogP contribution in [0.1, 0.15) is 5.56 Å². The predicted molar refractivity (Wildman–Crippen MR) is 91.7 cm³/mol. The number of hydrogen-bond acceptors (Lipinski definition) is 6. The molecule has 0 aliphatic carbocycles. The van der Waals surface area contributed by atoms with Crippen LogP contribution in [-0.2, 0) is 16.6 Å². The van der Waals surface area contributed by atoms with Crippen LogP contribution in [0.15, 0.2) is 41.3 Å². The van der Waals surface area contributed by atoms with Crippen molar-refractivity contribution in [2.45, 2.75) is 11.4 Å². The molecule has 0 fully saturated rings. The molecule has 2 aromatic rings. The maximum Gasteiger partial charge on any atom is 0.269 e. The van der Waals surface area contributed by atoms with Crippen LogP contribution in [-0.4, -0.2) is 27.6 Å². The van der Waals surface area contributed by atoms with Crippen LogP contribution in [0.25, 0.3) is 0 Å². The second-order valence-electron chi connectivity index (χ2n) is 4.87. The molecule has 0 amide bonds. The molecule has 2 rings (SSSR count). The third-order valence-corrected chi connectivity index (χ3v) is 5.13. The van der Waals surface area contributed by atoms with E-state index in [1.807, 2.05) is 0 Å². The first kappa shape index (κ1) is 19.0. The Hall–Kier alpha value is -2.36. The van der Waals surface area contributed by atoms with Gasteiger partial charge in [0.05, 0.1) is 24.0 Å². The summed E-state index contributed by atoms with van der Waals surface area (Å²) in [5.74, 6) is 0.839. The van der Waals surface area contributed by atoms with E-state index in [0.29, 0.717) is 22.1 Å². The van der Waals surface area contributed by atoms with E-state index < -0.39 is 14.9 Å². The van der Waals surface area contributed by atoms with Crippen LogP contribution in [0, 0.1) is 10.1 Å². The van der Waals surface area contributed by atoms with Crippen molar-refractivity contribution in [1.29, 1.82) is 0 Å². The Bertz CT molecular complexity index is 884. The van der Waals surface area contributed by atoms with Crippen molar-refractivity contribution in [3.05, 3.63) is 57.1 Å². The van der Waals surface area contributed by atoms with E-state index in [0.717, 1.165) is 24.3 Å². The minimum atomic E-state index is -3.86. The Labute approximate surface area is 149 Å². The molecular formula is C15H15ClN2O6S. The number of ether oxygens (including phenoxy) is 2. The molecule has 0 aromatic heterocycles. The van der Waals surface area contributed by atoms with Crippen LogP contribution in [0.4, 0.5) is 5.69 Å². The first-order valence-electron chi connectivity index (χ1n) is 6.93. The van der Waals surface area contributed by atoms with Crippen molar-refractivity contribution in [2.24, 2.45) is 0 Å². The van der Waals surface area contributed by atoms with Gasteiger partial charge in [0.1, 0.15) is 0 Å². The van der Waals surface area contributed by atoms with Crippen molar-refractivity contribution >= 4 is 27.3 Å². The van der Waals surface area contributed by atoms with E-state index in [-0.39, 0.29) is 17.1 Å². The fraction of sp³-hybridized carbons (Fsp3) is 0.200. The molecule has 0 atom stereocenters. The zero-order valence-corrected chi connectivity index (χ0v) is 14.9. The van der Waals surface area contributed by atoms with E-state index >= 15 is 0 Å². The normalized spacial score (nSPS) is 11.2. The number of nitrogens with one attached hydrogen (secondary N) is 1. The summed E-state index contributed by atoms with van der Waals surface area (Å²) in [6, 6.07) is 7.67. The summed E-state index contributed by atoms with van der Waals surface area (Å²) in [6.45, 7) is -0.0848. The highest BCUT2D eigenvalue weighted by Gasteiger charge is 2.17. The number of methoxy groups -OCH3 is 2. The average Bonchev–Trinajstić information content (AvgIpc) is 2.60. The average molecular weight is 387 g/mol. The van der Waals surface area contributed by atoms with Crippen molar-refractivity contribution in [1.82, 2.24) is 4.72 Å². The minimum absolute atomic E-state index is 0.0848. The van der Waals surface area contributed by atoms with Crippen LogP contribution >= 0.6 is 11.6 Å². The fourth-order valence-corrected chi connectivity index (χ4v) is 3.26. The van der Waals surface area contributed by atoms with E-state index in [1.54, 1.807) is 6.07 Å². The topological polar surface area (TPSA) is 108 Å². The lowest BCUT2D eigenvalue weighted by Gasteiger charge is -2.12. The van der Waals surface area contributed by atoms with E-state index in [4.69, 9.17) is 21.1 Å². The van der Waals surface area contributed by atoms with Gasteiger partial charge < -0.3 is 9.47 Å². The number of nitro benzene ring substituents is 1. The summed E-state index contributed by atoms with van der Waals surface area (Å²) in [7, 11) is -0.938. The van der Waals surface area contributed by atoms with E-state index in [1.165, 1.54) is 20.3 Å². The van der Waals surface area contributed by atoms with E-state index in [2.05, 4.69) is 4.72 Å². The van der Waals surface area contributed by atoms with Gasteiger partial charge in [-0.1, -0.05) is 11.6 Å². The Morgan fingerprint density at radius 2 is 1.68 bits per heavy atom. The van der Waals surface area contributed by atoms with Crippen molar-refractivity contribution in [2.75, 3.05) is 14.2 Å². The first-order valence-corrected chi connectivity index (χ1v) is 8.79. The number of nitrogens with zero attached hydrogens (tertiary/aromatic N) is 1. The van der Waals surface area contributed by atoms with Crippen LogP contribution < -0.4 is 14.2 Å². The second kappa shape index (κ2) is 7.68. The molecule has 1 N–H and O–H groups in total. The molecule has 0 aliphatic rings. The largest absolute Gasteiger partial charge is 0.493 e. The predicted octanol–water partition coefficient (Wildman–Crippen LogP) is 2.74. The molecular weight excluding hydrogens is 372 g/mol. The van der Waals surface area contributed by atoms with Gasteiger partial charge in [-0.25, -0.2) is 13.1 Å². The third-order valence-electron chi connectivity index (χ3n) is 3.36. The Morgan fingerprint density at radius 3 is 2.20 bits per heavy atom. The highest BCUT2D eigenvalue weighted by atomic mass is 35.5. The molecule has 25 heavy (non-hydrogen) atoms. The number of hydrogen-bond donors (Lipinski definition) is 1. The summed E-state index contributed by atoms with van der Waals surface area (Å²) in [4.78, 5) is 9.93.